The third-order valence-corrected chi connectivity index (χ3v) is 5.03. The molecule has 130 valence electrons. The number of aromatic amines is 1. The van der Waals surface area contributed by atoms with Crippen LogP contribution in [0.1, 0.15) is 10.4 Å². The van der Waals surface area contributed by atoms with Crippen LogP contribution in [0.25, 0.3) is 43.7 Å². The van der Waals surface area contributed by atoms with Crippen LogP contribution in [0.2, 0.25) is 0 Å². The summed E-state index contributed by atoms with van der Waals surface area (Å²) >= 11 is 0. The topological polar surface area (TPSA) is 55.0 Å². The quantitative estimate of drug-likeness (QED) is 0.437. The number of carbonyl (C=O) groups excluding carboxylic acids is 1. The smallest absolute Gasteiger partial charge is 0.340 e. The highest BCUT2D eigenvalue weighted by Gasteiger charge is 2.18. The van der Waals surface area contributed by atoms with Crippen molar-refractivity contribution in [2.75, 3.05) is 7.11 Å². The highest BCUT2D eigenvalue weighted by Crippen LogP contribution is 2.39. The normalized spacial score (nSPS) is 11.3. The summed E-state index contributed by atoms with van der Waals surface area (Å²) in [5, 5.41) is 4.62. The van der Waals surface area contributed by atoms with E-state index in [4.69, 9.17) is 4.74 Å². The molecule has 2 aromatic heterocycles. The number of carbonyl (C=O) groups is 1. The number of nitrogens with zero attached hydrogens (tertiary/aromatic N) is 1. The molecular formula is C23H16N2O2. The molecule has 0 amide bonds. The monoisotopic (exact) mass is 352 g/mol. The number of fused-ring (bicyclic) bond motifs is 5. The van der Waals surface area contributed by atoms with Crippen LogP contribution in [0.3, 0.4) is 0 Å². The number of pyridine rings is 1. The Bertz CT molecular complexity index is 1330. The number of ether oxygens (including phenoxy) is 1. The largest absolute Gasteiger partial charge is 0.465 e. The minimum Gasteiger partial charge on any atom is -0.465 e. The van der Waals surface area contributed by atoms with Gasteiger partial charge in [0.05, 0.1) is 12.7 Å². The maximum atomic E-state index is 12.3. The molecule has 4 heteroatoms. The zero-order valence-corrected chi connectivity index (χ0v) is 14.7. The minimum atomic E-state index is -0.390. The van der Waals surface area contributed by atoms with Crippen molar-refractivity contribution >= 4 is 38.5 Å². The molecule has 5 aromatic rings. The van der Waals surface area contributed by atoms with Crippen molar-refractivity contribution in [3.63, 3.8) is 0 Å². The second kappa shape index (κ2) is 5.95. The average molecular weight is 352 g/mol. The highest BCUT2D eigenvalue weighted by atomic mass is 16.5. The van der Waals surface area contributed by atoms with Gasteiger partial charge in [-0.05, 0) is 40.1 Å². The van der Waals surface area contributed by atoms with Gasteiger partial charge in [-0.1, -0.05) is 42.5 Å². The number of aromatic nitrogens is 2. The van der Waals surface area contributed by atoms with Crippen LogP contribution >= 0.6 is 0 Å². The van der Waals surface area contributed by atoms with Gasteiger partial charge in [0.25, 0.3) is 0 Å². The van der Waals surface area contributed by atoms with E-state index in [1.807, 2.05) is 24.3 Å². The van der Waals surface area contributed by atoms with Gasteiger partial charge >= 0.3 is 5.97 Å². The van der Waals surface area contributed by atoms with Crippen LogP contribution in [0.5, 0.6) is 0 Å². The second-order valence-corrected chi connectivity index (χ2v) is 6.48. The van der Waals surface area contributed by atoms with Crippen LogP contribution in [0.4, 0.5) is 0 Å². The Morgan fingerprint density at radius 2 is 1.63 bits per heavy atom. The number of para-hydroxylation sites is 1. The van der Waals surface area contributed by atoms with Gasteiger partial charge < -0.3 is 9.72 Å². The lowest BCUT2D eigenvalue weighted by Crippen LogP contribution is -2.04. The fourth-order valence-corrected chi connectivity index (χ4v) is 3.84. The average Bonchev–Trinajstić information content (AvgIpc) is 3.11. The number of esters is 1. The summed E-state index contributed by atoms with van der Waals surface area (Å²) in [5.41, 5.74) is 4.39. The van der Waals surface area contributed by atoms with E-state index in [-0.39, 0.29) is 5.97 Å². The number of H-pyrrole nitrogens is 1. The van der Waals surface area contributed by atoms with Gasteiger partial charge in [-0.2, -0.15) is 0 Å². The molecule has 0 aliphatic heterocycles. The Morgan fingerprint density at radius 1 is 0.889 bits per heavy atom. The predicted molar refractivity (Wildman–Crippen MR) is 108 cm³/mol. The molecule has 0 radical (unpaired) electrons. The second-order valence-electron chi connectivity index (χ2n) is 6.48. The summed E-state index contributed by atoms with van der Waals surface area (Å²) in [4.78, 5) is 19.9. The molecule has 3 aromatic carbocycles. The Hall–Kier alpha value is -3.66. The molecule has 4 nitrogen and oxygen atoms in total. The Balaban J connectivity index is 1.94. The van der Waals surface area contributed by atoms with Crippen LogP contribution in [-0.4, -0.2) is 23.0 Å². The van der Waals surface area contributed by atoms with E-state index < -0.39 is 0 Å². The maximum absolute atomic E-state index is 12.3. The first-order chi connectivity index (χ1) is 13.3. The third kappa shape index (κ3) is 2.30. The third-order valence-electron chi connectivity index (χ3n) is 5.03. The fraction of sp³-hybridized carbons (Fsp3) is 0.0435. The lowest BCUT2D eigenvalue weighted by Gasteiger charge is -2.12. The van der Waals surface area contributed by atoms with Crippen molar-refractivity contribution in [1.29, 1.82) is 0 Å². The lowest BCUT2D eigenvalue weighted by atomic mass is 9.93. The molecule has 1 N–H and O–H groups in total. The van der Waals surface area contributed by atoms with Gasteiger partial charge in [-0.3, -0.25) is 4.98 Å². The molecule has 0 aliphatic rings. The number of hydrogen-bond acceptors (Lipinski definition) is 3. The molecule has 0 atom stereocenters. The van der Waals surface area contributed by atoms with E-state index in [2.05, 4.69) is 46.4 Å². The number of rotatable bonds is 2. The molecule has 0 fully saturated rings. The van der Waals surface area contributed by atoms with Gasteiger partial charge in [-0.25, -0.2) is 4.79 Å². The van der Waals surface area contributed by atoms with E-state index in [1.165, 1.54) is 17.9 Å². The first-order valence-corrected chi connectivity index (χ1v) is 8.73. The van der Waals surface area contributed by atoms with Crippen LogP contribution in [0.15, 0.2) is 73.1 Å². The van der Waals surface area contributed by atoms with Gasteiger partial charge in [0.15, 0.2) is 0 Å². The van der Waals surface area contributed by atoms with E-state index in [9.17, 15) is 4.79 Å². The van der Waals surface area contributed by atoms with Crippen molar-refractivity contribution in [3.05, 3.63) is 78.6 Å². The van der Waals surface area contributed by atoms with Gasteiger partial charge in [0, 0.05) is 34.2 Å². The van der Waals surface area contributed by atoms with E-state index in [0.29, 0.717) is 5.56 Å². The minimum absolute atomic E-state index is 0.390. The van der Waals surface area contributed by atoms with Crippen molar-refractivity contribution in [3.8, 4) is 11.1 Å². The Kier molecular flexibility index (Phi) is 3.44. The number of benzene rings is 3. The van der Waals surface area contributed by atoms with Crippen molar-refractivity contribution in [2.24, 2.45) is 0 Å². The van der Waals surface area contributed by atoms with Crippen LogP contribution in [0, 0.1) is 0 Å². The highest BCUT2D eigenvalue weighted by molar-refractivity contribution is 6.23. The van der Waals surface area contributed by atoms with Crippen LogP contribution < -0.4 is 0 Å². The van der Waals surface area contributed by atoms with E-state index in [1.54, 1.807) is 12.4 Å². The summed E-state index contributed by atoms with van der Waals surface area (Å²) in [6, 6.07) is 20.5. The standard InChI is InChI=1S/C23H16N2O2/c1-27-23(26)19-13-24-11-10-15(19)18-12-21-22(16-7-3-2-6-14(16)18)17-8-4-5-9-20(17)25-21/h2-13,25H,1H3. The molecule has 2 heterocycles. The Labute approximate surface area is 155 Å². The molecule has 0 saturated heterocycles. The SMILES string of the molecule is COC(=O)c1cnccc1-c1cc2[nH]c3ccccc3c2c2ccccc12. The number of methoxy groups -OCH3 is 1. The van der Waals surface area contributed by atoms with Gasteiger partial charge in [-0.15, -0.1) is 0 Å². The predicted octanol–water partition coefficient (Wildman–Crippen LogP) is 5.32. The molecular weight excluding hydrogens is 336 g/mol. The summed E-state index contributed by atoms with van der Waals surface area (Å²) in [5.74, 6) is -0.390. The fourth-order valence-electron chi connectivity index (χ4n) is 3.84. The number of nitrogens with one attached hydrogen (secondary N) is 1. The van der Waals surface area contributed by atoms with E-state index in [0.717, 1.165) is 32.9 Å². The van der Waals surface area contributed by atoms with Crippen LogP contribution in [-0.2, 0) is 4.74 Å². The van der Waals surface area contributed by atoms with Gasteiger partial charge in [0.2, 0.25) is 0 Å². The van der Waals surface area contributed by atoms with Gasteiger partial charge in [0.1, 0.15) is 0 Å². The molecule has 0 aliphatic carbocycles. The molecule has 0 spiro atoms. The summed E-state index contributed by atoms with van der Waals surface area (Å²) in [6.45, 7) is 0. The zero-order chi connectivity index (χ0) is 18.4. The molecule has 0 saturated carbocycles. The summed E-state index contributed by atoms with van der Waals surface area (Å²) < 4.78 is 4.96. The lowest BCUT2D eigenvalue weighted by molar-refractivity contribution is 0.0601. The van der Waals surface area contributed by atoms with Crippen molar-refractivity contribution in [2.45, 2.75) is 0 Å². The molecule has 0 unspecified atom stereocenters. The molecule has 0 bridgehead atoms. The maximum Gasteiger partial charge on any atom is 0.340 e. The Morgan fingerprint density at radius 3 is 2.44 bits per heavy atom. The van der Waals surface area contributed by atoms with Crippen molar-refractivity contribution < 1.29 is 9.53 Å². The van der Waals surface area contributed by atoms with Crippen molar-refractivity contribution in [1.82, 2.24) is 9.97 Å². The first kappa shape index (κ1) is 15.6. The van der Waals surface area contributed by atoms with E-state index >= 15 is 0 Å². The summed E-state index contributed by atoms with van der Waals surface area (Å²) in [6.07, 6.45) is 3.26. The number of hydrogen-bond donors (Lipinski definition) is 1. The molecule has 27 heavy (non-hydrogen) atoms. The molecule has 5 rings (SSSR count). The summed E-state index contributed by atoms with van der Waals surface area (Å²) in [7, 11) is 1.39. The first-order valence-electron chi connectivity index (χ1n) is 8.73. The zero-order valence-electron chi connectivity index (χ0n) is 14.7.